The van der Waals surface area contributed by atoms with Gasteiger partial charge >= 0.3 is 39.5 Å². The number of esters is 4. The van der Waals surface area contributed by atoms with Crippen molar-refractivity contribution in [2.45, 2.75) is 446 Å². The van der Waals surface area contributed by atoms with Crippen LogP contribution in [0, 0.1) is 17.8 Å². The predicted molar refractivity (Wildman–Crippen MR) is 414 cm³/mol. The fourth-order valence-electron chi connectivity index (χ4n) is 12.6. The summed E-state index contributed by atoms with van der Waals surface area (Å²) in [6.07, 6.45) is 60.8. The molecular formula is C82H160O17P2. The highest BCUT2D eigenvalue weighted by Gasteiger charge is 2.30. The van der Waals surface area contributed by atoms with Crippen LogP contribution >= 0.6 is 15.6 Å². The zero-order chi connectivity index (χ0) is 74.4. The molecule has 0 saturated carbocycles. The molecule has 3 N–H and O–H groups in total. The van der Waals surface area contributed by atoms with E-state index in [0.717, 1.165) is 108 Å². The highest BCUT2D eigenvalue weighted by Crippen LogP contribution is 2.45. The van der Waals surface area contributed by atoms with E-state index in [1.54, 1.807) is 0 Å². The summed E-state index contributed by atoms with van der Waals surface area (Å²) < 4.78 is 68.8. The SMILES string of the molecule is CCCCCCCCCCCCCCC(=O)OC[C@H](COP(=O)(O)OC[C@H](O)COP(=O)(O)OC[C@@H](COC(=O)CCCCCCCCCCCCCCCC(C)C)OC(=O)CCCCCCCCCCCCCCCCCCC(C)C)OC(=O)CCCCCCCCCCCCC(C)CC. The van der Waals surface area contributed by atoms with E-state index in [1.807, 2.05) is 0 Å². The Hall–Kier alpha value is -1.94. The lowest BCUT2D eigenvalue weighted by Gasteiger charge is -2.21. The van der Waals surface area contributed by atoms with E-state index in [-0.39, 0.29) is 25.7 Å². The van der Waals surface area contributed by atoms with Gasteiger partial charge in [0.15, 0.2) is 12.2 Å². The summed E-state index contributed by atoms with van der Waals surface area (Å²) in [4.78, 5) is 73.1. The van der Waals surface area contributed by atoms with Gasteiger partial charge in [0, 0.05) is 25.7 Å². The van der Waals surface area contributed by atoms with Crippen molar-refractivity contribution in [3.63, 3.8) is 0 Å². The minimum absolute atomic E-state index is 0.107. The van der Waals surface area contributed by atoms with Crippen LogP contribution in [0.4, 0.5) is 0 Å². The first-order valence-electron chi connectivity index (χ1n) is 42.4. The van der Waals surface area contributed by atoms with Crippen LogP contribution in [0.25, 0.3) is 0 Å². The molecule has 0 aliphatic carbocycles. The second kappa shape index (κ2) is 72.3. The third kappa shape index (κ3) is 74.7. The number of phosphoric acid groups is 2. The topological polar surface area (TPSA) is 237 Å². The van der Waals surface area contributed by atoms with Gasteiger partial charge in [0.25, 0.3) is 0 Å². The Morgan fingerprint density at radius 2 is 0.505 bits per heavy atom. The second-order valence-corrected chi connectivity index (χ2v) is 33.6. The number of hydrogen-bond acceptors (Lipinski definition) is 15. The lowest BCUT2D eigenvalue weighted by molar-refractivity contribution is -0.161. The highest BCUT2D eigenvalue weighted by atomic mass is 31.2. The first-order valence-corrected chi connectivity index (χ1v) is 45.4. The molecule has 0 amide bonds. The van der Waals surface area contributed by atoms with Gasteiger partial charge in [0.05, 0.1) is 26.4 Å². The smallest absolute Gasteiger partial charge is 0.462 e. The lowest BCUT2D eigenvalue weighted by Crippen LogP contribution is -2.30. The first kappa shape index (κ1) is 99.1. The Kier molecular flexibility index (Phi) is 70.9. The minimum Gasteiger partial charge on any atom is -0.462 e. The molecule has 0 saturated heterocycles. The van der Waals surface area contributed by atoms with Crippen molar-refractivity contribution in [2.75, 3.05) is 39.6 Å². The van der Waals surface area contributed by atoms with E-state index >= 15 is 0 Å². The van der Waals surface area contributed by atoms with Crippen molar-refractivity contribution in [3.05, 3.63) is 0 Å². The third-order valence-corrected chi connectivity index (χ3v) is 21.4. The highest BCUT2D eigenvalue weighted by molar-refractivity contribution is 7.47. The average molecular weight is 1480 g/mol. The second-order valence-electron chi connectivity index (χ2n) is 30.7. The van der Waals surface area contributed by atoms with Crippen molar-refractivity contribution >= 4 is 39.5 Å². The Balaban J connectivity index is 5.26. The number of hydrogen-bond donors (Lipinski definition) is 3. The van der Waals surface area contributed by atoms with Crippen molar-refractivity contribution in [3.8, 4) is 0 Å². The molecule has 6 atom stereocenters. The van der Waals surface area contributed by atoms with Gasteiger partial charge in [-0.3, -0.25) is 37.3 Å². The summed E-state index contributed by atoms with van der Waals surface area (Å²) in [5, 5.41) is 10.7. The number of aliphatic hydroxyl groups is 1. The molecule has 0 fully saturated rings. The summed E-state index contributed by atoms with van der Waals surface area (Å²) in [6, 6.07) is 0. The molecule has 17 nitrogen and oxygen atoms in total. The zero-order valence-electron chi connectivity index (χ0n) is 66.4. The van der Waals surface area contributed by atoms with Gasteiger partial charge in [-0.2, -0.15) is 0 Å². The summed E-state index contributed by atoms with van der Waals surface area (Å²) in [6.45, 7) is 12.0. The third-order valence-electron chi connectivity index (χ3n) is 19.5. The summed E-state index contributed by atoms with van der Waals surface area (Å²) in [5.41, 5.74) is 0. The standard InChI is InChI=1S/C82H160O17P2/c1-8-10-11-12-13-14-15-27-35-42-49-56-63-79(84)92-70-78(99-82(87)66-59-52-45-38-31-30-34-41-48-55-62-75(7)9-2)72-97-101(90,91)95-68-76(83)67-94-100(88,89)96-71-77(69-93-80(85)64-57-50-43-36-28-24-20-22-26-33-40-47-54-61-74(5)6)98-81(86)65-58-51-44-37-29-23-19-17-16-18-21-25-32-39-46-53-60-73(3)4/h73-78,83H,8-72H2,1-7H3,(H,88,89)(H,90,91)/t75?,76-,77-,78-/m1/s1. The molecule has 0 aromatic heterocycles. The molecule has 3 unspecified atom stereocenters. The van der Waals surface area contributed by atoms with E-state index in [4.69, 9.17) is 37.0 Å². The van der Waals surface area contributed by atoms with Crippen molar-refractivity contribution in [1.82, 2.24) is 0 Å². The van der Waals surface area contributed by atoms with Crippen LogP contribution in [0.15, 0.2) is 0 Å². The maximum atomic E-state index is 13.1. The number of rotatable bonds is 80. The van der Waals surface area contributed by atoms with Crippen LogP contribution in [-0.2, 0) is 65.4 Å². The van der Waals surface area contributed by atoms with Gasteiger partial charge in [0.1, 0.15) is 19.3 Å². The van der Waals surface area contributed by atoms with Gasteiger partial charge in [-0.15, -0.1) is 0 Å². The van der Waals surface area contributed by atoms with Crippen molar-refractivity contribution in [1.29, 1.82) is 0 Å². The maximum Gasteiger partial charge on any atom is 0.472 e. The molecule has 101 heavy (non-hydrogen) atoms. The van der Waals surface area contributed by atoms with Crippen LogP contribution in [0.3, 0.4) is 0 Å². The number of carbonyl (C=O) groups excluding carboxylic acids is 4. The molecule has 0 heterocycles. The van der Waals surface area contributed by atoms with E-state index in [0.29, 0.717) is 25.7 Å². The van der Waals surface area contributed by atoms with Crippen LogP contribution in [0.5, 0.6) is 0 Å². The van der Waals surface area contributed by atoms with Crippen LogP contribution in [-0.4, -0.2) is 96.7 Å². The largest absolute Gasteiger partial charge is 0.472 e. The summed E-state index contributed by atoms with van der Waals surface area (Å²) >= 11 is 0. The number of ether oxygens (including phenoxy) is 4. The molecule has 0 aromatic rings. The maximum absolute atomic E-state index is 13.1. The van der Waals surface area contributed by atoms with E-state index in [1.165, 1.54) is 238 Å². The Bertz CT molecular complexity index is 1960. The molecule has 0 aliphatic heterocycles. The molecule has 0 bridgehead atoms. The first-order chi connectivity index (χ1) is 48.8. The monoisotopic (exact) mass is 1480 g/mol. The minimum atomic E-state index is -4.96. The molecule has 0 radical (unpaired) electrons. The number of unbranched alkanes of at least 4 members (excludes halogenated alkanes) is 47. The molecule has 0 aromatic carbocycles. The van der Waals surface area contributed by atoms with Crippen LogP contribution in [0.2, 0.25) is 0 Å². The van der Waals surface area contributed by atoms with Crippen LogP contribution in [0.1, 0.15) is 427 Å². The quantitative estimate of drug-likeness (QED) is 0.0222. The van der Waals surface area contributed by atoms with Crippen LogP contribution < -0.4 is 0 Å². The molecule has 600 valence electrons. The molecule has 0 rings (SSSR count). The summed E-state index contributed by atoms with van der Waals surface area (Å²) in [7, 11) is -9.92. The zero-order valence-corrected chi connectivity index (χ0v) is 68.2. The number of phosphoric ester groups is 2. The van der Waals surface area contributed by atoms with Gasteiger partial charge in [-0.25, -0.2) is 9.13 Å². The van der Waals surface area contributed by atoms with Gasteiger partial charge in [-0.1, -0.05) is 376 Å². The van der Waals surface area contributed by atoms with Gasteiger partial charge in [-0.05, 0) is 43.4 Å². The Morgan fingerprint density at radius 3 is 0.752 bits per heavy atom. The van der Waals surface area contributed by atoms with Crippen molar-refractivity contribution in [2.24, 2.45) is 17.8 Å². The van der Waals surface area contributed by atoms with E-state index < -0.39 is 97.5 Å². The summed E-state index contributed by atoms with van der Waals surface area (Å²) in [5.74, 6) is 0.296. The fourth-order valence-corrected chi connectivity index (χ4v) is 14.2. The van der Waals surface area contributed by atoms with Crippen molar-refractivity contribution < 1.29 is 80.2 Å². The molecule has 0 aliphatic rings. The van der Waals surface area contributed by atoms with Gasteiger partial charge < -0.3 is 33.8 Å². The predicted octanol–water partition coefficient (Wildman–Crippen LogP) is 24.5. The molecular weight excluding hydrogens is 1320 g/mol. The van der Waals surface area contributed by atoms with E-state index in [9.17, 15) is 43.2 Å². The fraction of sp³-hybridized carbons (Fsp3) is 0.951. The Labute approximate surface area is 619 Å². The lowest BCUT2D eigenvalue weighted by atomic mass is 9.99. The van der Waals surface area contributed by atoms with Gasteiger partial charge in [0.2, 0.25) is 0 Å². The molecule has 19 heteroatoms. The number of aliphatic hydroxyl groups excluding tert-OH is 1. The average Bonchev–Trinajstić information content (AvgIpc) is 0.916. The Morgan fingerprint density at radius 1 is 0.287 bits per heavy atom. The normalized spacial score (nSPS) is 14.2. The molecule has 0 spiro atoms. The number of carbonyl (C=O) groups is 4. The van der Waals surface area contributed by atoms with E-state index in [2.05, 4.69) is 48.5 Å².